The molecule has 1 rings (SSSR count). The van der Waals surface area contributed by atoms with Crippen LogP contribution in [0.5, 0.6) is 0 Å². The van der Waals surface area contributed by atoms with Crippen molar-refractivity contribution in [3.8, 4) is 0 Å². The molecule has 8 heteroatoms. The summed E-state index contributed by atoms with van der Waals surface area (Å²) in [6.07, 6.45) is 0. The van der Waals surface area contributed by atoms with E-state index in [1.54, 1.807) is 0 Å². The maximum absolute atomic E-state index is 11.6. The van der Waals surface area contributed by atoms with Gasteiger partial charge in [-0.05, 0) is 41.9 Å². The Balaban J connectivity index is 2.52. The smallest absolute Gasteiger partial charge is 0.331 e. The van der Waals surface area contributed by atoms with Crippen LogP contribution in [0, 0.1) is 0 Å². The first-order chi connectivity index (χ1) is 9.31. The van der Waals surface area contributed by atoms with Crippen molar-refractivity contribution in [2.24, 2.45) is 0 Å². The van der Waals surface area contributed by atoms with Gasteiger partial charge in [0, 0.05) is 16.0 Å². The van der Waals surface area contributed by atoms with Crippen LogP contribution < -0.4 is 10.6 Å². The first-order valence-electron chi connectivity index (χ1n) is 5.55. The number of carbonyl (C=O) groups is 3. The fourth-order valence-corrected chi connectivity index (χ4v) is 2.61. The number of carbonyl (C=O) groups excluding carboxylic acids is 2. The molecule has 3 amide bonds. The molecule has 0 saturated heterocycles. The summed E-state index contributed by atoms with van der Waals surface area (Å²) in [5.74, 6) is -1.92. The number of aliphatic carboxylic acids is 1. The average molecular weight is 361 g/mol. The van der Waals surface area contributed by atoms with Crippen molar-refractivity contribution < 1.29 is 19.5 Å². The lowest BCUT2D eigenvalue weighted by atomic mass is 10.1. The number of amides is 3. The van der Waals surface area contributed by atoms with Crippen LogP contribution in [0.25, 0.3) is 0 Å². The third-order valence-corrected chi connectivity index (χ3v) is 4.13. The first-order valence-corrected chi connectivity index (χ1v) is 7.16. The maximum atomic E-state index is 11.6. The maximum Gasteiger partial charge on any atom is 0.331 e. The second kappa shape index (κ2) is 7.20. The highest BCUT2D eigenvalue weighted by Crippen LogP contribution is 2.21. The Morgan fingerprint density at radius 3 is 2.40 bits per heavy atom. The summed E-state index contributed by atoms with van der Waals surface area (Å²) < 4.78 is 0.946. The second-order valence-electron chi connectivity index (χ2n) is 3.90. The lowest BCUT2D eigenvalue weighted by Gasteiger charge is -2.07. The molecule has 0 aliphatic heterocycles. The molecule has 0 radical (unpaired) electrons. The standard InChI is InChI=1S/C12H13BrN2O4S/c1-6(7(2)11(17)18)10(16)15-12(19)14-5-8-3-4-9(13)20-8/h3-4H,5H2,1-2H3,(H,17,18)(H2,14,15,16,19). The number of urea groups is 1. The number of nitrogens with one attached hydrogen (secondary N) is 2. The van der Waals surface area contributed by atoms with Crippen LogP contribution in [-0.4, -0.2) is 23.0 Å². The number of hydrogen-bond donors (Lipinski definition) is 3. The van der Waals surface area contributed by atoms with Crippen molar-refractivity contribution in [2.75, 3.05) is 0 Å². The van der Waals surface area contributed by atoms with Gasteiger partial charge in [-0.1, -0.05) is 0 Å². The van der Waals surface area contributed by atoms with E-state index in [1.807, 2.05) is 12.1 Å². The molecule has 0 unspecified atom stereocenters. The molecule has 0 atom stereocenters. The van der Waals surface area contributed by atoms with Crippen molar-refractivity contribution in [2.45, 2.75) is 20.4 Å². The minimum Gasteiger partial charge on any atom is -0.478 e. The Kier molecular flexibility index (Phi) is 5.90. The highest BCUT2D eigenvalue weighted by molar-refractivity contribution is 9.11. The molecule has 1 aromatic heterocycles. The van der Waals surface area contributed by atoms with Gasteiger partial charge in [0.1, 0.15) is 0 Å². The molecule has 6 nitrogen and oxygen atoms in total. The number of imide groups is 1. The van der Waals surface area contributed by atoms with Gasteiger partial charge in [-0.25, -0.2) is 9.59 Å². The van der Waals surface area contributed by atoms with Gasteiger partial charge >= 0.3 is 12.0 Å². The Morgan fingerprint density at radius 2 is 1.90 bits per heavy atom. The zero-order chi connectivity index (χ0) is 15.3. The molecule has 20 heavy (non-hydrogen) atoms. The fraction of sp³-hybridized carbons (Fsp3) is 0.250. The topological polar surface area (TPSA) is 95.5 Å². The average Bonchev–Trinajstić information content (AvgIpc) is 2.80. The van der Waals surface area contributed by atoms with E-state index < -0.39 is 17.9 Å². The SMILES string of the molecule is CC(C(=O)O)=C(C)C(=O)NC(=O)NCc1ccc(Br)s1. The van der Waals surface area contributed by atoms with E-state index in [1.165, 1.54) is 25.2 Å². The molecule has 0 aliphatic carbocycles. The highest BCUT2D eigenvalue weighted by atomic mass is 79.9. The van der Waals surface area contributed by atoms with Gasteiger partial charge in [0.25, 0.3) is 5.91 Å². The number of carboxylic acid groups (broad SMARTS) is 1. The fourth-order valence-electron chi connectivity index (χ4n) is 1.19. The highest BCUT2D eigenvalue weighted by Gasteiger charge is 2.15. The van der Waals surface area contributed by atoms with Crippen molar-refractivity contribution in [1.29, 1.82) is 0 Å². The van der Waals surface area contributed by atoms with Crippen LogP contribution in [0.1, 0.15) is 18.7 Å². The van der Waals surface area contributed by atoms with Crippen molar-refractivity contribution in [3.63, 3.8) is 0 Å². The normalized spacial score (nSPS) is 11.6. The van der Waals surface area contributed by atoms with Gasteiger partial charge in [-0.15, -0.1) is 11.3 Å². The zero-order valence-corrected chi connectivity index (χ0v) is 13.2. The molecule has 108 valence electrons. The van der Waals surface area contributed by atoms with Crippen LogP contribution >= 0.6 is 27.3 Å². The predicted octanol–water partition coefficient (Wildman–Crippen LogP) is 2.26. The second-order valence-corrected chi connectivity index (χ2v) is 6.45. The third kappa shape index (κ3) is 4.78. The molecule has 0 saturated carbocycles. The summed E-state index contributed by atoms with van der Waals surface area (Å²) in [5, 5.41) is 13.3. The van der Waals surface area contributed by atoms with E-state index in [4.69, 9.17) is 5.11 Å². The number of hydrogen-bond acceptors (Lipinski definition) is 4. The van der Waals surface area contributed by atoms with Gasteiger partial charge < -0.3 is 10.4 Å². The molecule has 0 bridgehead atoms. The van der Waals surface area contributed by atoms with Gasteiger partial charge in [0.2, 0.25) is 0 Å². The van der Waals surface area contributed by atoms with Gasteiger partial charge in [-0.2, -0.15) is 0 Å². The van der Waals surface area contributed by atoms with Crippen molar-refractivity contribution in [3.05, 3.63) is 31.9 Å². The van der Waals surface area contributed by atoms with Crippen LogP contribution in [0.2, 0.25) is 0 Å². The van der Waals surface area contributed by atoms with Crippen LogP contribution in [0.4, 0.5) is 4.79 Å². The summed E-state index contributed by atoms with van der Waals surface area (Å²) in [7, 11) is 0. The minimum atomic E-state index is -1.19. The molecule has 0 aliphatic rings. The predicted molar refractivity (Wildman–Crippen MR) is 78.4 cm³/mol. The number of thiophene rings is 1. The van der Waals surface area contributed by atoms with E-state index in [-0.39, 0.29) is 17.7 Å². The van der Waals surface area contributed by atoms with Crippen LogP contribution in [-0.2, 0) is 16.1 Å². The number of carboxylic acids is 1. The van der Waals surface area contributed by atoms with Gasteiger partial charge in [0.05, 0.1) is 10.3 Å². The summed E-state index contributed by atoms with van der Waals surface area (Å²) in [4.78, 5) is 34.8. The van der Waals surface area contributed by atoms with E-state index >= 15 is 0 Å². The Morgan fingerprint density at radius 1 is 1.25 bits per heavy atom. The first kappa shape index (κ1) is 16.4. The van der Waals surface area contributed by atoms with Gasteiger partial charge in [0.15, 0.2) is 0 Å². The number of rotatable bonds is 4. The monoisotopic (exact) mass is 360 g/mol. The lowest BCUT2D eigenvalue weighted by Crippen LogP contribution is -2.39. The summed E-state index contributed by atoms with van der Waals surface area (Å²) in [6, 6.07) is 3.03. The Labute approximate surface area is 128 Å². The third-order valence-electron chi connectivity index (χ3n) is 2.50. The Hall–Kier alpha value is -1.67. The van der Waals surface area contributed by atoms with Crippen molar-refractivity contribution in [1.82, 2.24) is 10.6 Å². The lowest BCUT2D eigenvalue weighted by molar-refractivity contribution is -0.133. The minimum absolute atomic E-state index is 0.00785. The zero-order valence-electron chi connectivity index (χ0n) is 10.8. The molecule has 1 aromatic rings. The van der Waals surface area contributed by atoms with E-state index in [9.17, 15) is 14.4 Å². The number of halogens is 1. The molecule has 1 heterocycles. The summed E-state index contributed by atoms with van der Waals surface area (Å²) in [6.45, 7) is 2.94. The van der Waals surface area contributed by atoms with E-state index in [0.29, 0.717) is 0 Å². The quantitative estimate of drug-likeness (QED) is 0.717. The largest absolute Gasteiger partial charge is 0.478 e. The summed E-state index contributed by atoms with van der Waals surface area (Å²) >= 11 is 4.77. The van der Waals surface area contributed by atoms with E-state index in [2.05, 4.69) is 26.6 Å². The Bertz CT molecular complexity index is 580. The molecule has 0 spiro atoms. The molecular formula is C12H13BrN2O4S. The van der Waals surface area contributed by atoms with Crippen LogP contribution in [0.3, 0.4) is 0 Å². The van der Waals surface area contributed by atoms with E-state index in [0.717, 1.165) is 8.66 Å². The molecule has 3 N–H and O–H groups in total. The molecule has 0 aromatic carbocycles. The van der Waals surface area contributed by atoms with Crippen LogP contribution in [0.15, 0.2) is 27.1 Å². The van der Waals surface area contributed by atoms with Gasteiger partial charge in [-0.3, -0.25) is 10.1 Å². The molecular weight excluding hydrogens is 348 g/mol. The van der Waals surface area contributed by atoms with Crippen molar-refractivity contribution >= 4 is 45.2 Å². The molecule has 0 fully saturated rings. The summed E-state index contributed by atoms with van der Waals surface area (Å²) in [5.41, 5.74) is -0.107.